The molecule has 1 aliphatic rings. The van der Waals surface area contributed by atoms with Crippen LogP contribution in [0, 0.1) is 6.92 Å². The number of hydrogen-bond donors (Lipinski definition) is 1. The zero-order valence-corrected chi connectivity index (χ0v) is 20.8. The zero-order valence-electron chi connectivity index (χ0n) is 20.8. The molecule has 4 aromatic rings. The third-order valence-electron chi connectivity index (χ3n) is 7.14. The lowest BCUT2D eigenvalue weighted by atomic mass is 9.94. The molecule has 1 saturated carbocycles. The topological polar surface area (TPSA) is 51.5 Å². The maximum absolute atomic E-state index is 12.9. The monoisotopic (exact) mass is 467 g/mol. The fraction of sp³-hybridized carbons (Fsp3) is 0.323. The molecule has 0 saturated heterocycles. The summed E-state index contributed by atoms with van der Waals surface area (Å²) in [6.45, 7) is 6.54. The van der Waals surface area contributed by atoms with E-state index in [1.807, 2.05) is 27.0 Å². The molecule has 1 aliphatic carbocycles. The number of aryl methyl sites for hydroxylation is 1. The highest BCUT2D eigenvalue weighted by Crippen LogP contribution is 2.42. The van der Waals surface area contributed by atoms with Gasteiger partial charge in [-0.3, -0.25) is 4.79 Å². The SMILES string of the molecule is CCOc1c(/C(C)=C/C(=O)NC2CCCCC2)cc2c(-c3cccc4ccccc34)coc2c1C. The highest BCUT2D eigenvalue weighted by molar-refractivity contribution is 6.07. The first-order valence-corrected chi connectivity index (χ1v) is 12.7. The molecule has 0 radical (unpaired) electrons. The highest BCUT2D eigenvalue weighted by Gasteiger charge is 2.21. The van der Waals surface area contributed by atoms with Crippen molar-refractivity contribution in [3.63, 3.8) is 0 Å². The molecule has 5 rings (SSSR count). The van der Waals surface area contributed by atoms with E-state index in [1.165, 1.54) is 30.0 Å². The van der Waals surface area contributed by atoms with Crippen LogP contribution in [0.25, 0.3) is 38.4 Å². The lowest BCUT2D eigenvalue weighted by Crippen LogP contribution is -2.35. The van der Waals surface area contributed by atoms with E-state index in [0.29, 0.717) is 6.61 Å². The van der Waals surface area contributed by atoms with Crippen LogP contribution in [0.2, 0.25) is 0 Å². The van der Waals surface area contributed by atoms with Crippen LogP contribution in [-0.2, 0) is 4.79 Å². The fourth-order valence-electron chi connectivity index (χ4n) is 5.37. The number of allylic oxidation sites excluding steroid dienone is 1. The number of carbonyl (C=O) groups excluding carboxylic acids is 1. The minimum atomic E-state index is -0.0314. The summed E-state index contributed by atoms with van der Waals surface area (Å²) < 4.78 is 12.2. The third kappa shape index (κ3) is 4.58. The van der Waals surface area contributed by atoms with Gasteiger partial charge >= 0.3 is 0 Å². The lowest BCUT2D eigenvalue weighted by Gasteiger charge is -2.22. The Morgan fingerprint density at radius 2 is 1.83 bits per heavy atom. The average Bonchev–Trinajstić information content (AvgIpc) is 3.30. The quantitative estimate of drug-likeness (QED) is 0.294. The van der Waals surface area contributed by atoms with Crippen molar-refractivity contribution in [2.75, 3.05) is 6.61 Å². The van der Waals surface area contributed by atoms with Gasteiger partial charge in [-0.2, -0.15) is 0 Å². The van der Waals surface area contributed by atoms with E-state index in [1.54, 1.807) is 6.08 Å². The fourth-order valence-corrected chi connectivity index (χ4v) is 5.37. The molecule has 180 valence electrons. The van der Waals surface area contributed by atoms with E-state index in [9.17, 15) is 4.79 Å². The summed E-state index contributed by atoms with van der Waals surface area (Å²) in [5.41, 5.74) is 5.76. The van der Waals surface area contributed by atoms with Crippen LogP contribution in [0.4, 0.5) is 0 Å². The Morgan fingerprint density at radius 3 is 2.63 bits per heavy atom. The van der Waals surface area contributed by atoms with E-state index in [4.69, 9.17) is 9.15 Å². The molecular weight excluding hydrogens is 434 g/mol. The van der Waals surface area contributed by atoms with Crippen LogP contribution in [0.1, 0.15) is 57.1 Å². The zero-order chi connectivity index (χ0) is 24.4. The molecule has 1 heterocycles. The number of ether oxygens (including phenoxy) is 1. The molecular formula is C31H33NO3. The minimum absolute atomic E-state index is 0.0314. The Balaban J connectivity index is 1.60. The summed E-state index contributed by atoms with van der Waals surface area (Å²) in [7, 11) is 0. The number of fused-ring (bicyclic) bond motifs is 2. The number of amides is 1. The molecule has 0 atom stereocenters. The predicted octanol–water partition coefficient (Wildman–Crippen LogP) is 7.81. The van der Waals surface area contributed by atoms with Gasteiger partial charge in [-0.1, -0.05) is 61.7 Å². The maximum atomic E-state index is 12.9. The van der Waals surface area contributed by atoms with Gasteiger partial charge in [0.15, 0.2) is 0 Å². The Kier molecular flexibility index (Phi) is 6.63. The molecule has 1 amide bonds. The number of furan rings is 1. The van der Waals surface area contributed by atoms with Gasteiger partial charge in [-0.05, 0) is 61.6 Å². The van der Waals surface area contributed by atoms with Crippen LogP contribution in [0.3, 0.4) is 0 Å². The highest BCUT2D eigenvalue weighted by atomic mass is 16.5. The van der Waals surface area contributed by atoms with E-state index in [-0.39, 0.29) is 11.9 Å². The van der Waals surface area contributed by atoms with Gasteiger partial charge in [0.05, 0.1) is 12.9 Å². The van der Waals surface area contributed by atoms with Crippen LogP contribution >= 0.6 is 0 Å². The Morgan fingerprint density at radius 1 is 1.06 bits per heavy atom. The molecule has 0 bridgehead atoms. The summed E-state index contributed by atoms with van der Waals surface area (Å²) in [4.78, 5) is 12.9. The number of benzene rings is 3. The van der Waals surface area contributed by atoms with Crippen molar-refractivity contribution < 1.29 is 13.9 Å². The van der Waals surface area contributed by atoms with Crippen LogP contribution in [0.5, 0.6) is 5.75 Å². The molecule has 35 heavy (non-hydrogen) atoms. The largest absolute Gasteiger partial charge is 0.493 e. The Labute approximate surface area is 207 Å². The van der Waals surface area contributed by atoms with E-state index >= 15 is 0 Å². The van der Waals surface area contributed by atoms with Crippen molar-refractivity contribution in [3.05, 3.63) is 72.0 Å². The van der Waals surface area contributed by atoms with Crippen LogP contribution < -0.4 is 10.1 Å². The first kappa shape index (κ1) is 23.2. The lowest BCUT2D eigenvalue weighted by molar-refractivity contribution is -0.117. The van der Waals surface area contributed by atoms with Crippen molar-refractivity contribution in [1.29, 1.82) is 0 Å². The Bertz CT molecular complexity index is 1400. The summed E-state index contributed by atoms with van der Waals surface area (Å²) in [5.74, 6) is 0.745. The number of nitrogens with one attached hydrogen (secondary N) is 1. The Hall–Kier alpha value is -3.53. The van der Waals surface area contributed by atoms with Gasteiger partial charge in [0.25, 0.3) is 0 Å². The van der Waals surface area contributed by atoms with Crippen molar-refractivity contribution in [1.82, 2.24) is 5.32 Å². The molecule has 0 aliphatic heterocycles. The average molecular weight is 468 g/mol. The standard InChI is InChI=1S/C31H33NO3/c1-4-34-30-21(3)31-27(18-26(30)20(2)17-29(33)32-23-13-6-5-7-14-23)28(19-35-31)25-16-10-12-22-11-8-9-15-24(22)25/h8-12,15-19,23H,4-7,13-14H2,1-3H3,(H,32,33)/b20-17+. The first-order chi connectivity index (χ1) is 17.1. The minimum Gasteiger partial charge on any atom is -0.493 e. The molecule has 1 fully saturated rings. The summed E-state index contributed by atoms with van der Waals surface area (Å²) >= 11 is 0. The molecule has 3 aromatic carbocycles. The molecule has 4 nitrogen and oxygen atoms in total. The van der Waals surface area contributed by atoms with E-state index in [2.05, 4.69) is 53.8 Å². The van der Waals surface area contributed by atoms with Gasteiger partial charge in [-0.15, -0.1) is 0 Å². The smallest absolute Gasteiger partial charge is 0.244 e. The normalized spacial score (nSPS) is 15.0. The third-order valence-corrected chi connectivity index (χ3v) is 7.14. The molecule has 4 heteroatoms. The number of hydrogen-bond acceptors (Lipinski definition) is 3. The van der Waals surface area contributed by atoms with E-state index < -0.39 is 0 Å². The van der Waals surface area contributed by atoms with Crippen LogP contribution in [-0.4, -0.2) is 18.6 Å². The maximum Gasteiger partial charge on any atom is 0.244 e. The number of rotatable bonds is 6. The second-order valence-electron chi connectivity index (χ2n) is 9.53. The second-order valence-corrected chi connectivity index (χ2v) is 9.53. The summed E-state index contributed by atoms with van der Waals surface area (Å²) in [5, 5.41) is 6.60. The van der Waals surface area contributed by atoms with Crippen molar-refractivity contribution >= 4 is 33.2 Å². The molecule has 0 unspecified atom stereocenters. The van der Waals surface area contributed by atoms with Gasteiger partial charge in [0.1, 0.15) is 11.3 Å². The van der Waals surface area contributed by atoms with Gasteiger partial charge in [-0.25, -0.2) is 0 Å². The van der Waals surface area contributed by atoms with Crippen LogP contribution in [0.15, 0.2) is 65.3 Å². The summed E-state index contributed by atoms with van der Waals surface area (Å²) in [6.07, 6.45) is 9.34. The summed E-state index contributed by atoms with van der Waals surface area (Å²) in [6, 6.07) is 17.1. The molecule has 1 aromatic heterocycles. The van der Waals surface area contributed by atoms with Gasteiger partial charge in [0, 0.05) is 34.2 Å². The number of carbonyl (C=O) groups is 1. The van der Waals surface area contributed by atoms with E-state index in [0.717, 1.165) is 57.4 Å². The van der Waals surface area contributed by atoms with Gasteiger partial charge < -0.3 is 14.5 Å². The molecule has 1 N–H and O–H groups in total. The second kappa shape index (κ2) is 9.99. The van der Waals surface area contributed by atoms with Crippen molar-refractivity contribution in [2.45, 2.75) is 58.9 Å². The van der Waals surface area contributed by atoms with Gasteiger partial charge in [0.2, 0.25) is 5.91 Å². The van der Waals surface area contributed by atoms with Crippen molar-refractivity contribution in [3.8, 4) is 16.9 Å². The first-order valence-electron chi connectivity index (χ1n) is 12.7. The molecule has 0 spiro atoms. The predicted molar refractivity (Wildman–Crippen MR) is 144 cm³/mol. The van der Waals surface area contributed by atoms with Crippen molar-refractivity contribution in [2.24, 2.45) is 0 Å².